The van der Waals surface area contributed by atoms with Gasteiger partial charge in [0, 0.05) is 11.6 Å². The first-order valence-electron chi connectivity index (χ1n) is 7.50. The van der Waals surface area contributed by atoms with Gasteiger partial charge in [-0.15, -0.1) is 0 Å². The number of hydrogen-bond donors (Lipinski definition) is 1. The third-order valence-electron chi connectivity index (χ3n) is 4.36. The van der Waals surface area contributed by atoms with Gasteiger partial charge in [0.15, 0.2) is 11.5 Å². The molecule has 1 fully saturated rings. The number of hydrogen-bond acceptors (Lipinski definition) is 3. The van der Waals surface area contributed by atoms with Gasteiger partial charge >= 0.3 is 0 Å². The first-order valence-corrected chi connectivity index (χ1v) is 7.50. The van der Waals surface area contributed by atoms with Crippen LogP contribution in [0.4, 0.5) is 0 Å². The molecule has 3 rings (SSSR count). The fraction of sp³-hybridized carbons (Fsp3) is 0.625. The van der Waals surface area contributed by atoms with Gasteiger partial charge in [-0.2, -0.15) is 0 Å². The molecule has 0 saturated heterocycles. The zero-order valence-electron chi connectivity index (χ0n) is 11.4. The first kappa shape index (κ1) is 12.8. The third kappa shape index (κ3) is 2.71. The zero-order chi connectivity index (χ0) is 13.1. The Morgan fingerprint density at radius 1 is 1.00 bits per heavy atom. The summed E-state index contributed by atoms with van der Waals surface area (Å²) in [5.74, 6) is 2.32. The lowest BCUT2D eigenvalue weighted by atomic mass is 9.87. The minimum atomic E-state index is 0.0785. The molecule has 1 atom stereocenters. The standard InChI is InChI=1S/C16H23NO2/c17-15(12-6-3-1-2-4-7-12)13-8-5-9-14-16(13)19-11-10-18-14/h5,8-9,12,15H,1-4,6-7,10-11,17H2. The molecule has 3 nitrogen and oxygen atoms in total. The van der Waals surface area contributed by atoms with Crippen molar-refractivity contribution in [1.29, 1.82) is 0 Å². The molecule has 104 valence electrons. The summed E-state index contributed by atoms with van der Waals surface area (Å²) in [6, 6.07) is 6.18. The lowest BCUT2D eigenvalue weighted by Gasteiger charge is -2.27. The number of nitrogens with two attached hydrogens (primary N) is 1. The Morgan fingerprint density at radius 2 is 1.74 bits per heavy atom. The third-order valence-corrected chi connectivity index (χ3v) is 4.36. The molecule has 1 heterocycles. The molecular formula is C16H23NO2. The van der Waals surface area contributed by atoms with Crippen LogP contribution in [0, 0.1) is 5.92 Å². The summed E-state index contributed by atoms with van der Waals surface area (Å²) >= 11 is 0. The van der Waals surface area contributed by atoms with Crippen LogP contribution in [0.3, 0.4) is 0 Å². The van der Waals surface area contributed by atoms with Crippen LogP contribution in [-0.2, 0) is 0 Å². The van der Waals surface area contributed by atoms with Gasteiger partial charge < -0.3 is 15.2 Å². The molecule has 1 aliphatic heterocycles. The van der Waals surface area contributed by atoms with Crippen LogP contribution in [0.1, 0.15) is 50.1 Å². The van der Waals surface area contributed by atoms with Crippen molar-refractivity contribution in [2.24, 2.45) is 11.7 Å². The number of ether oxygens (including phenoxy) is 2. The van der Waals surface area contributed by atoms with Crippen LogP contribution in [0.25, 0.3) is 0 Å². The summed E-state index contributed by atoms with van der Waals surface area (Å²) in [6.07, 6.45) is 7.82. The highest BCUT2D eigenvalue weighted by Gasteiger charge is 2.26. The molecule has 0 bridgehead atoms. The molecular weight excluding hydrogens is 238 g/mol. The van der Waals surface area contributed by atoms with E-state index < -0.39 is 0 Å². The predicted octanol–water partition coefficient (Wildman–Crippen LogP) is 3.43. The fourth-order valence-corrected chi connectivity index (χ4v) is 3.28. The van der Waals surface area contributed by atoms with Crippen molar-refractivity contribution in [2.75, 3.05) is 13.2 Å². The molecule has 1 aliphatic carbocycles. The van der Waals surface area contributed by atoms with Crippen molar-refractivity contribution < 1.29 is 9.47 Å². The highest BCUT2D eigenvalue weighted by Crippen LogP contribution is 2.41. The minimum Gasteiger partial charge on any atom is -0.486 e. The molecule has 0 radical (unpaired) electrons. The number of para-hydroxylation sites is 1. The van der Waals surface area contributed by atoms with Crippen molar-refractivity contribution in [3.63, 3.8) is 0 Å². The molecule has 0 aromatic heterocycles. The predicted molar refractivity (Wildman–Crippen MR) is 75.6 cm³/mol. The van der Waals surface area contributed by atoms with Gasteiger partial charge in [0.2, 0.25) is 0 Å². The highest BCUT2D eigenvalue weighted by molar-refractivity contribution is 5.49. The fourth-order valence-electron chi connectivity index (χ4n) is 3.28. The Bertz CT molecular complexity index is 425. The molecule has 2 N–H and O–H groups in total. The Balaban J connectivity index is 1.84. The van der Waals surface area contributed by atoms with Crippen molar-refractivity contribution >= 4 is 0 Å². The zero-order valence-corrected chi connectivity index (χ0v) is 11.4. The first-order chi connectivity index (χ1) is 9.36. The Hall–Kier alpha value is -1.22. The maximum Gasteiger partial charge on any atom is 0.166 e. The summed E-state index contributed by atoms with van der Waals surface area (Å²) in [6.45, 7) is 1.26. The second kappa shape index (κ2) is 5.83. The maximum absolute atomic E-state index is 6.53. The highest BCUT2D eigenvalue weighted by atomic mass is 16.6. The molecule has 1 unspecified atom stereocenters. The minimum absolute atomic E-state index is 0.0785. The van der Waals surface area contributed by atoms with E-state index in [1.54, 1.807) is 0 Å². The van der Waals surface area contributed by atoms with Crippen molar-refractivity contribution in [3.8, 4) is 11.5 Å². The van der Waals surface area contributed by atoms with E-state index >= 15 is 0 Å². The Morgan fingerprint density at radius 3 is 2.53 bits per heavy atom. The van der Waals surface area contributed by atoms with E-state index in [0.717, 1.165) is 17.1 Å². The van der Waals surface area contributed by atoms with Crippen LogP contribution in [-0.4, -0.2) is 13.2 Å². The van der Waals surface area contributed by atoms with Crippen LogP contribution in [0.2, 0.25) is 0 Å². The van der Waals surface area contributed by atoms with Crippen molar-refractivity contribution in [2.45, 2.75) is 44.6 Å². The molecule has 3 heteroatoms. The van der Waals surface area contributed by atoms with Crippen LogP contribution < -0.4 is 15.2 Å². The monoisotopic (exact) mass is 261 g/mol. The SMILES string of the molecule is NC(c1cccc2c1OCCO2)C1CCCCCC1. The van der Waals surface area contributed by atoms with E-state index in [-0.39, 0.29) is 6.04 Å². The largest absolute Gasteiger partial charge is 0.486 e. The summed E-state index contributed by atoms with van der Waals surface area (Å²) in [4.78, 5) is 0. The van der Waals surface area contributed by atoms with E-state index in [0.29, 0.717) is 19.1 Å². The molecule has 19 heavy (non-hydrogen) atoms. The van der Waals surface area contributed by atoms with E-state index in [9.17, 15) is 0 Å². The van der Waals surface area contributed by atoms with Crippen molar-refractivity contribution in [3.05, 3.63) is 23.8 Å². The molecule has 2 aliphatic rings. The second-order valence-corrected chi connectivity index (χ2v) is 5.65. The second-order valence-electron chi connectivity index (χ2n) is 5.65. The van der Waals surface area contributed by atoms with Crippen LogP contribution in [0.15, 0.2) is 18.2 Å². The van der Waals surface area contributed by atoms with E-state index in [4.69, 9.17) is 15.2 Å². The van der Waals surface area contributed by atoms with Gasteiger partial charge in [-0.25, -0.2) is 0 Å². The average molecular weight is 261 g/mol. The van der Waals surface area contributed by atoms with Crippen LogP contribution in [0.5, 0.6) is 11.5 Å². The van der Waals surface area contributed by atoms with Crippen LogP contribution >= 0.6 is 0 Å². The number of rotatable bonds is 2. The molecule has 1 aromatic carbocycles. The van der Waals surface area contributed by atoms with E-state index in [2.05, 4.69) is 6.07 Å². The lowest BCUT2D eigenvalue weighted by Crippen LogP contribution is -2.24. The lowest BCUT2D eigenvalue weighted by molar-refractivity contribution is 0.168. The molecule has 1 saturated carbocycles. The number of fused-ring (bicyclic) bond motifs is 1. The van der Waals surface area contributed by atoms with Gasteiger partial charge in [-0.3, -0.25) is 0 Å². The van der Waals surface area contributed by atoms with Gasteiger partial charge in [-0.05, 0) is 24.8 Å². The Kier molecular flexibility index (Phi) is 3.92. The smallest absolute Gasteiger partial charge is 0.166 e. The van der Waals surface area contributed by atoms with Crippen molar-refractivity contribution in [1.82, 2.24) is 0 Å². The maximum atomic E-state index is 6.53. The van der Waals surface area contributed by atoms with E-state index in [1.165, 1.54) is 38.5 Å². The summed E-state index contributed by atoms with van der Waals surface area (Å²) in [7, 11) is 0. The molecule has 1 aromatic rings. The quantitative estimate of drug-likeness (QED) is 0.829. The van der Waals surface area contributed by atoms with Gasteiger partial charge in [0.05, 0.1) is 0 Å². The van der Waals surface area contributed by atoms with Gasteiger partial charge in [-0.1, -0.05) is 37.8 Å². The molecule has 0 amide bonds. The summed E-state index contributed by atoms with van der Waals surface area (Å²) in [5, 5.41) is 0. The van der Waals surface area contributed by atoms with Gasteiger partial charge in [0.1, 0.15) is 13.2 Å². The summed E-state index contributed by atoms with van der Waals surface area (Å²) < 4.78 is 11.4. The van der Waals surface area contributed by atoms with E-state index in [1.807, 2.05) is 12.1 Å². The average Bonchev–Trinajstić information content (AvgIpc) is 2.75. The van der Waals surface area contributed by atoms with Gasteiger partial charge in [0.25, 0.3) is 0 Å². The molecule has 0 spiro atoms. The Labute approximate surface area is 115 Å². The summed E-state index contributed by atoms with van der Waals surface area (Å²) in [5.41, 5.74) is 7.66. The number of benzene rings is 1. The normalized spacial score (nSPS) is 21.7. The topological polar surface area (TPSA) is 44.5 Å².